The van der Waals surface area contributed by atoms with Crippen molar-refractivity contribution in [1.82, 2.24) is 4.90 Å². The molecule has 3 heteroatoms. The molecule has 0 spiro atoms. The molecule has 2 rings (SSSR count). The summed E-state index contributed by atoms with van der Waals surface area (Å²) in [5.41, 5.74) is 7.76. The molecule has 0 amide bonds. The van der Waals surface area contributed by atoms with Crippen molar-refractivity contribution >= 4 is 11.6 Å². The lowest BCUT2D eigenvalue weighted by atomic mass is 9.95. The summed E-state index contributed by atoms with van der Waals surface area (Å²) >= 11 is 6.02. The number of nitrogens with zero attached hydrogens (tertiary/aromatic N) is 1. The van der Waals surface area contributed by atoms with Gasteiger partial charge in [-0.25, -0.2) is 0 Å². The lowest BCUT2D eigenvalue weighted by molar-refractivity contribution is 0.157. The SMILES string of the molecule is CCCCN(C1CC1)C(c1ccc(Cl)cc1)C(N)CC. The van der Waals surface area contributed by atoms with Crippen molar-refractivity contribution in [2.24, 2.45) is 5.73 Å². The molecule has 0 bridgehead atoms. The van der Waals surface area contributed by atoms with Crippen LogP contribution in [0.1, 0.15) is 57.6 Å². The lowest BCUT2D eigenvalue weighted by Gasteiger charge is -2.36. The third kappa shape index (κ3) is 3.97. The zero-order valence-electron chi connectivity index (χ0n) is 12.7. The average molecular weight is 295 g/mol. The second-order valence-electron chi connectivity index (χ2n) is 5.89. The Balaban J connectivity index is 2.22. The van der Waals surface area contributed by atoms with E-state index in [2.05, 4.69) is 30.9 Å². The molecule has 0 aliphatic heterocycles. The van der Waals surface area contributed by atoms with Gasteiger partial charge in [-0.3, -0.25) is 4.90 Å². The minimum atomic E-state index is 0.189. The van der Waals surface area contributed by atoms with Crippen LogP contribution in [0.5, 0.6) is 0 Å². The maximum atomic E-state index is 6.45. The molecule has 1 saturated carbocycles. The topological polar surface area (TPSA) is 29.3 Å². The molecule has 2 N–H and O–H groups in total. The molecular formula is C17H27ClN2. The Labute approximate surface area is 128 Å². The van der Waals surface area contributed by atoms with Crippen molar-refractivity contribution in [3.8, 4) is 0 Å². The van der Waals surface area contributed by atoms with E-state index in [1.54, 1.807) is 0 Å². The fraction of sp³-hybridized carbons (Fsp3) is 0.647. The molecule has 2 nitrogen and oxygen atoms in total. The molecule has 112 valence electrons. The summed E-state index contributed by atoms with van der Waals surface area (Å²) in [4.78, 5) is 2.64. The van der Waals surface area contributed by atoms with Gasteiger partial charge in [0.15, 0.2) is 0 Å². The summed E-state index contributed by atoms with van der Waals surface area (Å²) in [6.45, 7) is 5.59. The third-order valence-corrected chi connectivity index (χ3v) is 4.48. The summed E-state index contributed by atoms with van der Waals surface area (Å²) in [5.74, 6) is 0. The maximum Gasteiger partial charge on any atom is 0.0502 e. The van der Waals surface area contributed by atoms with Crippen LogP contribution in [0.25, 0.3) is 0 Å². The second kappa shape index (κ2) is 7.44. The van der Waals surface area contributed by atoms with Crippen LogP contribution >= 0.6 is 11.6 Å². The minimum Gasteiger partial charge on any atom is -0.326 e. The predicted octanol–water partition coefficient (Wildman–Crippen LogP) is 4.38. The van der Waals surface area contributed by atoms with Crippen LogP contribution in [0, 0.1) is 0 Å². The molecule has 1 aromatic rings. The third-order valence-electron chi connectivity index (χ3n) is 4.23. The smallest absolute Gasteiger partial charge is 0.0502 e. The summed E-state index contributed by atoms with van der Waals surface area (Å²) in [7, 11) is 0. The number of rotatable bonds is 8. The van der Waals surface area contributed by atoms with Gasteiger partial charge in [-0.1, -0.05) is 44.0 Å². The first-order chi connectivity index (χ1) is 9.67. The van der Waals surface area contributed by atoms with Gasteiger partial charge < -0.3 is 5.73 Å². The van der Waals surface area contributed by atoms with E-state index in [4.69, 9.17) is 17.3 Å². The monoisotopic (exact) mass is 294 g/mol. The number of hydrogen-bond donors (Lipinski definition) is 1. The quantitative estimate of drug-likeness (QED) is 0.771. The number of unbranched alkanes of at least 4 members (excludes halogenated alkanes) is 1. The zero-order valence-corrected chi connectivity index (χ0v) is 13.4. The van der Waals surface area contributed by atoms with E-state index in [0.29, 0.717) is 6.04 Å². The Morgan fingerprint density at radius 3 is 2.40 bits per heavy atom. The first-order valence-electron chi connectivity index (χ1n) is 7.94. The highest BCUT2D eigenvalue weighted by Crippen LogP contribution is 2.36. The van der Waals surface area contributed by atoms with E-state index in [0.717, 1.165) is 24.0 Å². The van der Waals surface area contributed by atoms with Crippen LogP contribution in [0.2, 0.25) is 5.02 Å². The maximum absolute atomic E-state index is 6.45. The standard InChI is InChI=1S/C17H27ClN2/c1-3-5-12-20(15-10-11-15)17(16(19)4-2)13-6-8-14(18)9-7-13/h6-9,15-17H,3-5,10-12,19H2,1-2H3. The predicted molar refractivity (Wildman–Crippen MR) is 87.1 cm³/mol. The van der Waals surface area contributed by atoms with E-state index >= 15 is 0 Å². The van der Waals surface area contributed by atoms with Crippen LogP contribution in [-0.2, 0) is 0 Å². The van der Waals surface area contributed by atoms with Gasteiger partial charge in [0.2, 0.25) is 0 Å². The van der Waals surface area contributed by atoms with E-state index in [1.807, 2.05) is 12.1 Å². The number of benzene rings is 1. The Kier molecular flexibility index (Phi) is 5.88. The minimum absolute atomic E-state index is 0.189. The summed E-state index contributed by atoms with van der Waals surface area (Å²) in [5, 5.41) is 0.795. The van der Waals surface area contributed by atoms with Crippen molar-refractivity contribution < 1.29 is 0 Å². The highest BCUT2D eigenvalue weighted by molar-refractivity contribution is 6.30. The molecule has 1 aromatic carbocycles. The van der Waals surface area contributed by atoms with Crippen LogP contribution < -0.4 is 5.73 Å². The summed E-state index contributed by atoms with van der Waals surface area (Å²) in [6.07, 6.45) is 6.13. The normalized spacial score (nSPS) is 18.2. The van der Waals surface area contributed by atoms with Gasteiger partial charge in [0.25, 0.3) is 0 Å². The van der Waals surface area contributed by atoms with Gasteiger partial charge >= 0.3 is 0 Å². The molecule has 1 aliphatic rings. The zero-order chi connectivity index (χ0) is 14.5. The Bertz CT molecular complexity index is 400. The molecule has 0 aromatic heterocycles. The largest absolute Gasteiger partial charge is 0.326 e. The van der Waals surface area contributed by atoms with Crippen molar-refractivity contribution in [3.05, 3.63) is 34.9 Å². The van der Waals surface area contributed by atoms with Gasteiger partial charge in [0.05, 0.1) is 6.04 Å². The molecule has 2 unspecified atom stereocenters. The summed E-state index contributed by atoms with van der Waals surface area (Å²) in [6, 6.07) is 9.51. The van der Waals surface area contributed by atoms with Crippen molar-refractivity contribution in [1.29, 1.82) is 0 Å². The molecule has 20 heavy (non-hydrogen) atoms. The first-order valence-corrected chi connectivity index (χ1v) is 8.32. The number of nitrogens with two attached hydrogens (primary N) is 1. The first kappa shape index (κ1) is 15.8. The Morgan fingerprint density at radius 2 is 1.90 bits per heavy atom. The Morgan fingerprint density at radius 1 is 1.25 bits per heavy atom. The molecule has 0 radical (unpaired) electrons. The van der Waals surface area contributed by atoms with E-state index in [1.165, 1.54) is 31.2 Å². The molecule has 1 fully saturated rings. The molecule has 0 saturated heterocycles. The Hall–Kier alpha value is -0.570. The lowest BCUT2D eigenvalue weighted by Crippen LogP contribution is -2.42. The summed E-state index contributed by atoms with van der Waals surface area (Å²) < 4.78 is 0. The highest BCUT2D eigenvalue weighted by Gasteiger charge is 2.36. The van der Waals surface area contributed by atoms with Crippen LogP contribution in [0.4, 0.5) is 0 Å². The second-order valence-corrected chi connectivity index (χ2v) is 6.33. The van der Waals surface area contributed by atoms with Gasteiger partial charge in [-0.2, -0.15) is 0 Å². The fourth-order valence-electron chi connectivity index (χ4n) is 2.86. The number of hydrogen-bond acceptors (Lipinski definition) is 2. The van der Waals surface area contributed by atoms with E-state index in [9.17, 15) is 0 Å². The molecule has 1 aliphatic carbocycles. The van der Waals surface area contributed by atoms with Crippen LogP contribution in [-0.4, -0.2) is 23.5 Å². The highest BCUT2D eigenvalue weighted by atomic mass is 35.5. The van der Waals surface area contributed by atoms with E-state index in [-0.39, 0.29) is 6.04 Å². The van der Waals surface area contributed by atoms with Crippen molar-refractivity contribution in [3.63, 3.8) is 0 Å². The van der Waals surface area contributed by atoms with Crippen molar-refractivity contribution in [2.45, 2.75) is 64.1 Å². The van der Waals surface area contributed by atoms with E-state index < -0.39 is 0 Å². The fourth-order valence-corrected chi connectivity index (χ4v) is 2.99. The van der Waals surface area contributed by atoms with Gasteiger partial charge in [0, 0.05) is 17.1 Å². The van der Waals surface area contributed by atoms with Crippen LogP contribution in [0.3, 0.4) is 0 Å². The van der Waals surface area contributed by atoms with Crippen LogP contribution in [0.15, 0.2) is 24.3 Å². The van der Waals surface area contributed by atoms with Gasteiger partial charge in [-0.15, -0.1) is 0 Å². The van der Waals surface area contributed by atoms with Gasteiger partial charge in [0.1, 0.15) is 0 Å². The van der Waals surface area contributed by atoms with Gasteiger partial charge in [-0.05, 0) is 49.9 Å². The number of halogens is 1. The molecule has 2 atom stereocenters. The molecule has 0 heterocycles. The average Bonchev–Trinajstić information content (AvgIpc) is 3.28. The molecular weight excluding hydrogens is 268 g/mol. The van der Waals surface area contributed by atoms with Crippen molar-refractivity contribution in [2.75, 3.05) is 6.54 Å².